The lowest BCUT2D eigenvalue weighted by molar-refractivity contribution is -0.0554. The van der Waals surface area contributed by atoms with Gasteiger partial charge in [0.05, 0.1) is 38.6 Å². The first-order valence-corrected chi connectivity index (χ1v) is 16.6. The van der Waals surface area contributed by atoms with Crippen LogP contribution in [0.15, 0.2) is 66.7 Å². The van der Waals surface area contributed by atoms with Crippen molar-refractivity contribution in [2.75, 3.05) is 20.3 Å². The molecule has 4 aromatic carbocycles. The highest BCUT2D eigenvalue weighted by Crippen LogP contribution is 2.49. The Morgan fingerprint density at radius 3 is 2.26 bits per heavy atom. The molecule has 1 aliphatic carbocycles. The molecule has 0 amide bonds. The number of hydrogen-bond donors (Lipinski definition) is 4. The Morgan fingerprint density at radius 2 is 1.51 bits per heavy atom. The maximum absolute atomic E-state index is 12.0. The Morgan fingerprint density at radius 1 is 0.766 bits per heavy atom. The van der Waals surface area contributed by atoms with E-state index in [-0.39, 0.29) is 30.8 Å². The van der Waals surface area contributed by atoms with Crippen LogP contribution in [0.25, 0.3) is 11.1 Å². The van der Waals surface area contributed by atoms with E-state index in [1.54, 1.807) is 43.5 Å². The number of phenols is 2. The molecule has 2 heterocycles. The van der Waals surface area contributed by atoms with Gasteiger partial charge in [-0.1, -0.05) is 19.1 Å². The SMILES string of the molecule is CCc1cc(-c2cccc(O)c2)c(Cc2cc(OC3CCCC3)cc3c2OC[C@H]([C@@H]2COc4ccc(OC)cc4[C@@H]2O)[C@@H]3O)cc1O. The van der Waals surface area contributed by atoms with Gasteiger partial charge in [-0.2, -0.15) is 0 Å². The molecule has 4 N–H and O–H groups in total. The number of phenolic OH excluding ortho intramolecular Hbond substituents is 2. The molecule has 7 rings (SSSR count). The molecule has 246 valence electrons. The smallest absolute Gasteiger partial charge is 0.128 e. The summed E-state index contributed by atoms with van der Waals surface area (Å²) in [7, 11) is 1.58. The number of ether oxygens (including phenoxy) is 4. The highest BCUT2D eigenvalue weighted by Gasteiger charge is 2.43. The summed E-state index contributed by atoms with van der Waals surface area (Å²) in [5, 5.41) is 44.7. The number of methoxy groups -OCH3 is 1. The van der Waals surface area contributed by atoms with Gasteiger partial charge >= 0.3 is 0 Å². The van der Waals surface area contributed by atoms with Gasteiger partial charge in [0, 0.05) is 34.9 Å². The van der Waals surface area contributed by atoms with Gasteiger partial charge in [-0.25, -0.2) is 0 Å². The predicted molar refractivity (Wildman–Crippen MR) is 178 cm³/mol. The fourth-order valence-electron chi connectivity index (χ4n) is 7.47. The number of aliphatic hydroxyl groups excluding tert-OH is 2. The molecule has 0 spiro atoms. The van der Waals surface area contributed by atoms with Crippen LogP contribution in [0.4, 0.5) is 0 Å². The maximum atomic E-state index is 12.0. The van der Waals surface area contributed by atoms with E-state index in [1.807, 2.05) is 37.3 Å². The van der Waals surface area contributed by atoms with Crippen molar-refractivity contribution in [3.8, 4) is 45.6 Å². The first-order valence-electron chi connectivity index (χ1n) is 16.6. The maximum Gasteiger partial charge on any atom is 0.128 e. The average Bonchev–Trinajstić information content (AvgIpc) is 3.59. The Kier molecular flexibility index (Phi) is 8.64. The standard InChI is InChI=1S/C39H42O8/c1-3-22-16-30(23-7-6-8-26(40)14-23)24(17-35(22)41)13-25-15-29(47-27-9-4-5-10-27)19-32-38(43)34(21-46-39(25)32)33-20-45-36-12-11-28(44-2)18-31(36)37(33)42/h6-8,11-12,14-19,27,33-34,37-38,40-43H,3-5,9-10,13,20-21H2,1-2H3/t33-,34+,37-,38+/m0/s1. The number of aliphatic hydroxyl groups is 2. The minimum atomic E-state index is -0.943. The van der Waals surface area contributed by atoms with Crippen molar-refractivity contribution in [1.29, 1.82) is 0 Å². The summed E-state index contributed by atoms with van der Waals surface area (Å²) < 4.78 is 24.4. The Balaban J connectivity index is 1.27. The molecule has 0 aromatic heterocycles. The Hall–Kier alpha value is -4.40. The van der Waals surface area contributed by atoms with Gasteiger partial charge in [0.1, 0.15) is 34.5 Å². The van der Waals surface area contributed by atoms with E-state index in [2.05, 4.69) is 0 Å². The molecule has 1 saturated carbocycles. The van der Waals surface area contributed by atoms with E-state index >= 15 is 0 Å². The van der Waals surface area contributed by atoms with E-state index in [4.69, 9.17) is 18.9 Å². The molecule has 0 radical (unpaired) electrons. The molecule has 47 heavy (non-hydrogen) atoms. The highest BCUT2D eigenvalue weighted by atomic mass is 16.5. The van der Waals surface area contributed by atoms with Crippen LogP contribution >= 0.6 is 0 Å². The van der Waals surface area contributed by atoms with Crippen LogP contribution in [0.1, 0.15) is 72.6 Å². The van der Waals surface area contributed by atoms with E-state index in [0.717, 1.165) is 53.5 Å². The lowest BCUT2D eigenvalue weighted by Crippen LogP contribution is -2.40. The molecule has 8 nitrogen and oxygen atoms in total. The first-order chi connectivity index (χ1) is 22.8. The Bertz CT molecular complexity index is 1760. The summed E-state index contributed by atoms with van der Waals surface area (Å²) >= 11 is 0. The molecule has 2 aliphatic heterocycles. The normalized spacial score (nSPS) is 22.1. The summed E-state index contributed by atoms with van der Waals surface area (Å²) in [6.07, 6.45) is 3.55. The lowest BCUT2D eigenvalue weighted by atomic mass is 9.77. The second-order valence-corrected chi connectivity index (χ2v) is 13.0. The van der Waals surface area contributed by atoms with Crippen molar-refractivity contribution in [3.63, 3.8) is 0 Å². The number of aryl methyl sites for hydroxylation is 1. The quantitative estimate of drug-likeness (QED) is 0.163. The Labute approximate surface area is 275 Å². The molecule has 0 saturated heterocycles. The molecule has 0 bridgehead atoms. The molecule has 1 fully saturated rings. The van der Waals surface area contributed by atoms with Crippen LogP contribution in [-0.4, -0.2) is 46.9 Å². The number of hydrogen-bond acceptors (Lipinski definition) is 8. The largest absolute Gasteiger partial charge is 0.508 e. The number of rotatable bonds is 8. The number of benzene rings is 4. The third-order valence-corrected chi connectivity index (χ3v) is 10.1. The minimum Gasteiger partial charge on any atom is -0.508 e. The average molecular weight is 639 g/mol. The van der Waals surface area contributed by atoms with Crippen molar-refractivity contribution in [3.05, 3.63) is 94.5 Å². The zero-order valence-electron chi connectivity index (χ0n) is 26.8. The zero-order valence-corrected chi connectivity index (χ0v) is 26.8. The molecule has 0 unspecified atom stereocenters. The van der Waals surface area contributed by atoms with Crippen molar-refractivity contribution in [1.82, 2.24) is 0 Å². The fourth-order valence-corrected chi connectivity index (χ4v) is 7.47. The summed E-state index contributed by atoms with van der Waals surface area (Å²) in [6.45, 7) is 2.42. The zero-order chi connectivity index (χ0) is 32.7. The second kappa shape index (κ2) is 13.0. The van der Waals surface area contributed by atoms with E-state index in [1.165, 1.54) is 0 Å². The van der Waals surface area contributed by atoms with Crippen molar-refractivity contribution >= 4 is 0 Å². The summed E-state index contributed by atoms with van der Waals surface area (Å²) in [4.78, 5) is 0. The molecule has 4 atom stereocenters. The topological polar surface area (TPSA) is 118 Å². The summed E-state index contributed by atoms with van der Waals surface area (Å²) in [5.74, 6) is 1.99. The lowest BCUT2D eigenvalue weighted by Gasteiger charge is -2.40. The van der Waals surface area contributed by atoms with Crippen molar-refractivity contribution in [2.45, 2.75) is 63.8 Å². The molecular formula is C39H42O8. The number of aromatic hydroxyl groups is 2. The van der Waals surface area contributed by atoms with Crippen molar-refractivity contribution < 1.29 is 39.4 Å². The van der Waals surface area contributed by atoms with Crippen LogP contribution in [-0.2, 0) is 12.8 Å². The molecule has 8 heteroatoms. The third kappa shape index (κ3) is 6.08. The van der Waals surface area contributed by atoms with Gasteiger partial charge in [0.25, 0.3) is 0 Å². The fraction of sp³-hybridized carbons (Fsp3) is 0.385. The van der Waals surface area contributed by atoms with Crippen LogP contribution < -0.4 is 18.9 Å². The van der Waals surface area contributed by atoms with E-state index in [0.29, 0.717) is 47.0 Å². The van der Waals surface area contributed by atoms with Gasteiger partial charge in [-0.05, 0) is 109 Å². The van der Waals surface area contributed by atoms with Crippen LogP contribution in [0.5, 0.6) is 34.5 Å². The number of fused-ring (bicyclic) bond motifs is 2. The van der Waals surface area contributed by atoms with Gasteiger partial charge in [0.15, 0.2) is 0 Å². The highest BCUT2D eigenvalue weighted by molar-refractivity contribution is 5.72. The van der Waals surface area contributed by atoms with E-state index < -0.39 is 24.0 Å². The minimum absolute atomic E-state index is 0.106. The second-order valence-electron chi connectivity index (χ2n) is 13.0. The molecule has 3 aliphatic rings. The van der Waals surface area contributed by atoms with E-state index in [9.17, 15) is 20.4 Å². The predicted octanol–water partition coefficient (Wildman–Crippen LogP) is 7.03. The van der Waals surface area contributed by atoms with Crippen LogP contribution in [0, 0.1) is 11.8 Å². The van der Waals surface area contributed by atoms with Crippen LogP contribution in [0.2, 0.25) is 0 Å². The van der Waals surface area contributed by atoms with Gasteiger partial charge < -0.3 is 39.4 Å². The van der Waals surface area contributed by atoms with Gasteiger partial charge in [0.2, 0.25) is 0 Å². The van der Waals surface area contributed by atoms with Crippen molar-refractivity contribution in [2.24, 2.45) is 11.8 Å². The van der Waals surface area contributed by atoms with Gasteiger partial charge in [-0.15, -0.1) is 0 Å². The first kappa shape index (κ1) is 31.2. The molecular weight excluding hydrogens is 596 g/mol. The van der Waals surface area contributed by atoms with Gasteiger partial charge in [-0.3, -0.25) is 0 Å². The third-order valence-electron chi connectivity index (χ3n) is 10.1. The monoisotopic (exact) mass is 638 g/mol. The molecule has 4 aromatic rings. The van der Waals surface area contributed by atoms with Crippen LogP contribution in [0.3, 0.4) is 0 Å². The summed E-state index contributed by atoms with van der Waals surface area (Å²) in [5.41, 5.74) is 5.48. The summed E-state index contributed by atoms with van der Waals surface area (Å²) in [6, 6.07) is 20.1.